The van der Waals surface area contributed by atoms with E-state index in [1.807, 2.05) is 80.8 Å². The molecule has 1 fully saturated rings. The van der Waals surface area contributed by atoms with Crippen molar-refractivity contribution in [3.8, 4) is 0 Å². The minimum atomic E-state index is -0.980. The molecule has 0 saturated carbocycles. The third-order valence-electron chi connectivity index (χ3n) is 6.69. The Balaban J connectivity index is 1.51. The molecular formula is C28H34N2O4. The van der Waals surface area contributed by atoms with Gasteiger partial charge < -0.3 is 24.7 Å². The van der Waals surface area contributed by atoms with Crippen molar-refractivity contribution in [2.45, 2.75) is 57.1 Å². The molecular weight excluding hydrogens is 428 g/mol. The maximum atomic E-state index is 13.2. The highest BCUT2D eigenvalue weighted by molar-refractivity contribution is 5.75. The molecule has 2 aliphatic heterocycles. The Labute approximate surface area is 201 Å². The number of allylic oxidation sites excluding steroid dienone is 2. The monoisotopic (exact) mass is 462 g/mol. The Morgan fingerprint density at radius 2 is 1.82 bits per heavy atom. The number of hydrogen-bond acceptors (Lipinski definition) is 5. The summed E-state index contributed by atoms with van der Waals surface area (Å²) in [7, 11) is 1.83. The van der Waals surface area contributed by atoms with Crippen LogP contribution in [0.2, 0.25) is 0 Å². The van der Waals surface area contributed by atoms with Crippen molar-refractivity contribution >= 4 is 11.7 Å². The molecule has 0 aliphatic carbocycles. The Morgan fingerprint density at radius 1 is 1.15 bits per heavy atom. The summed E-state index contributed by atoms with van der Waals surface area (Å²) in [5.74, 6) is 0. The smallest absolute Gasteiger partial charge is 0.411 e. The fourth-order valence-corrected chi connectivity index (χ4v) is 4.86. The number of carbonyl (C=O) groups is 1. The van der Waals surface area contributed by atoms with Crippen molar-refractivity contribution in [2.24, 2.45) is 0 Å². The number of amides is 1. The van der Waals surface area contributed by atoms with Gasteiger partial charge in [-0.15, -0.1) is 0 Å². The first-order chi connectivity index (χ1) is 16.1. The second-order valence-electron chi connectivity index (χ2n) is 9.98. The molecule has 2 heterocycles. The van der Waals surface area contributed by atoms with Crippen LogP contribution >= 0.6 is 0 Å². The SMILES string of the molecule is C[C@@H](c1ccc(C2=CN(C)C(O)C=C2)cc1)N1CC[C@](CC(C)(C)O)(c2ccccc2)OC1=O. The first-order valence-corrected chi connectivity index (χ1v) is 11.8. The largest absolute Gasteiger partial charge is 0.438 e. The molecule has 180 valence electrons. The van der Waals surface area contributed by atoms with Crippen LogP contribution in [0.3, 0.4) is 0 Å². The number of hydrogen-bond donors (Lipinski definition) is 2. The summed E-state index contributed by atoms with van der Waals surface area (Å²) in [5.41, 5.74) is 2.15. The molecule has 1 unspecified atom stereocenters. The predicted molar refractivity (Wildman–Crippen MR) is 133 cm³/mol. The third kappa shape index (κ3) is 5.03. The summed E-state index contributed by atoms with van der Waals surface area (Å²) in [6.07, 6.45) is 5.54. The van der Waals surface area contributed by atoms with E-state index in [0.29, 0.717) is 19.4 Å². The number of aliphatic hydroxyl groups excluding tert-OH is 1. The average molecular weight is 463 g/mol. The molecule has 6 heteroatoms. The van der Waals surface area contributed by atoms with Gasteiger partial charge in [-0.25, -0.2) is 4.79 Å². The Kier molecular flexibility index (Phi) is 6.56. The van der Waals surface area contributed by atoms with Crippen molar-refractivity contribution in [3.05, 3.63) is 89.6 Å². The zero-order valence-corrected chi connectivity index (χ0v) is 20.3. The van der Waals surface area contributed by atoms with Crippen molar-refractivity contribution < 1.29 is 19.7 Å². The number of cyclic esters (lactones) is 1. The van der Waals surface area contributed by atoms with Crippen molar-refractivity contribution in [2.75, 3.05) is 13.6 Å². The molecule has 2 aromatic carbocycles. The standard InChI is InChI=1S/C28H34N2O4/c1-20(21-10-12-22(13-11-21)23-14-15-25(31)29(4)18-23)30-17-16-28(34-26(30)32,19-27(2,3)33)24-8-6-5-7-9-24/h5-15,18,20,25,31,33H,16-17,19H2,1-4H3/t20-,25?,28-/m0/s1. The molecule has 34 heavy (non-hydrogen) atoms. The maximum Gasteiger partial charge on any atom is 0.411 e. The predicted octanol–water partition coefficient (Wildman–Crippen LogP) is 4.81. The first kappa shape index (κ1) is 24.0. The van der Waals surface area contributed by atoms with E-state index in [2.05, 4.69) is 0 Å². The second-order valence-corrected chi connectivity index (χ2v) is 9.98. The van der Waals surface area contributed by atoms with Crippen LogP contribution < -0.4 is 0 Å². The lowest BCUT2D eigenvalue weighted by molar-refractivity contribution is -0.101. The van der Waals surface area contributed by atoms with Gasteiger partial charge in [-0.05, 0) is 49.1 Å². The number of benzene rings is 2. The Bertz CT molecular complexity index is 1070. The lowest BCUT2D eigenvalue weighted by Gasteiger charge is -2.45. The van der Waals surface area contributed by atoms with Crippen LogP contribution in [0.5, 0.6) is 0 Å². The highest BCUT2D eigenvalue weighted by atomic mass is 16.6. The van der Waals surface area contributed by atoms with Gasteiger partial charge in [0.25, 0.3) is 0 Å². The number of ether oxygens (including phenoxy) is 1. The van der Waals surface area contributed by atoms with Crippen molar-refractivity contribution in [1.29, 1.82) is 0 Å². The van der Waals surface area contributed by atoms with Gasteiger partial charge in [0.1, 0.15) is 11.8 Å². The molecule has 2 N–H and O–H groups in total. The van der Waals surface area contributed by atoms with Crippen LogP contribution in [-0.2, 0) is 10.3 Å². The molecule has 1 saturated heterocycles. The normalized spacial score (nSPS) is 24.0. The summed E-state index contributed by atoms with van der Waals surface area (Å²) in [6, 6.07) is 17.7. The third-order valence-corrected chi connectivity index (χ3v) is 6.69. The summed E-state index contributed by atoms with van der Waals surface area (Å²) >= 11 is 0. The number of aliphatic hydroxyl groups is 2. The molecule has 2 aliphatic rings. The number of rotatable bonds is 6. The van der Waals surface area contributed by atoms with Gasteiger partial charge in [0.2, 0.25) is 0 Å². The fraction of sp³-hybridized carbons (Fsp3) is 0.393. The lowest BCUT2D eigenvalue weighted by Crippen LogP contribution is -2.51. The average Bonchev–Trinajstić information content (AvgIpc) is 2.80. The highest BCUT2D eigenvalue weighted by Gasteiger charge is 2.46. The Morgan fingerprint density at radius 3 is 2.41 bits per heavy atom. The molecule has 3 atom stereocenters. The van der Waals surface area contributed by atoms with E-state index in [1.165, 1.54) is 0 Å². The molecule has 0 spiro atoms. The lowest BCUT2D eigenvalue weighted by atomic mass is 9.80. The van der Waals surface area contributed by atoms with E-state index in [1.54, 1.807) is 29.7 Å². The zero-order valence-electron chi connectivity index (χ0n) is 20.3. The van der Waals surface area contributed by atoms with E-state index in [0.717, 1.165) is 22.3 Å². The molecule has 2 aromatic rings. The molecule has 0 radical (unpaired) electrons. The molecule has 1 amide bonds. The van der Waals surface area contributed by atoms with Crippen LogP contribution in [0.4, 0.5) is 4.79 Å². The van der Waals surface area contributed by atoms with E-state index in [9.17, 15) is 15.0 Å². The minimum Gasteiger partial charge on any atom is -0.438 e. The topological polar surface area (TPSA) is 73.2 Å². The van der Waals surface area contributed by atoms with Gasteiger partial charge >= 0.3 is 6.09 Å². The maximum absolute atomic E-state index is 13.2. The van der Waals surface area contributed by atoms with Crippen LogP contribution in [0.1, 0.15) is 56.3 Å². The molecule has 0 bridgehead atoms. The van der Waals surface area contributed by atoms with Gasteiger partial charge in [0.15, 0.2) is 0 Å². The van der Waals surface area contributed by atoms with Crippen molar-refractivity contribution in [3.63, 3.8) is 0 Å². The Hall–Kier alpha value is -3.09. The summed E-state index contributed by atoms with van der Waals surface area (Å²) < 4.78 is 6.11. The van der Waals surface area contributed by atoms with Crippen LogP contribution in [0.15, 0.2) is 72.9 Å². The summed E-state index contributed by atoms with van der Waals surface area (Å²) in [5, 5.41) is 20.4. The van der Waals surface area contributed by atoms with Gasteiger partial charge in [-0.2, -0.15) is 0 Å². The molecule has 6 nitrogen and oxygen atoms in total. The zero-order chi connectivity index (χ0) is 24.5. The van der Waals surface area contributed by atoms with Gasteiger partial charge in [-0.1, -0.05) is 60.7 Å². The minimum absolute atomic E-state index is 0.155. The van der Waals surface area contributed by atoms with Gasteiger partial charge in [0, 0.05) is 32.6 Å². The molecule has 0 aromatic heterocycles. The molecule has 4 rings (SSSR count). The first-order valence-electron chi connectivity index (χ1n) is 11.8. The quantitative estimate of drug-likeness (QED) is 0.645. The van der Waals surface area contributed by atoms with E-state index in [-0.39, 0.29) is 12.1 Å². The number of likely N-dealkylation sites (N-methyl/N-ethyl adjacent to an activating group) is 1. The summed E-state index contributed by atoms with van der Waals surface area (Å²) in [6.45, 7) is 6.03. The van der Waals surface area contributed by atoms with E-state index >= 15 is 0 Å². The van der Waals surface area contributed by atoms with Gasteiger partial charge in [0.05, 0.1) is 11.6 Å². The number of nitrogens with zero attached hydrogens (tertiary/aromatic N) is 2. The van der Waals surface area contributed by atoms with Crippen LogP contribution in [0, 0.1) is 0 Å². The van der Waals surface area contributed by atoms with Crippen LogP contribution in [-0.4, -0.2) is 51.5 Å². The summed E-state index contributed by atoms with van der Waals surface area (Å²) in [4.78, 5) is 16.7. The number of carbonyl (C=O) groups excluding carboxylic acids is 1. The fourth-order valence-electron chi connectivity index (χ4n) is 4.86. The van der Waals surface area contributed by atoms with E-state index in [4.69, 9.17) is 4.74 Å². The van der Waals surface area contributed by atoms with Crippen molar-refractivity contribution in [1.82, 2.24) is 9.80 Å². The van der Waals surface area contributed by atoms with E-state index < -0.39 is 17.4 Å². The van der Waals surface area contributed by atoms with Crippen LogP contribution in [0.25, 0.3) is 5.57 Å². The highest BCUT2D eigenvalue weighted by Crippen LogP contribution is 2.42. The van der Waals surface area contributed by atoms with Gasteiger partial charge in [-0.3, -0.25) is 0 Å². The second kappa shape index (κ2) is 9.28.